The van der Waals surface area contributed by atoms with Gasteiger partial charge in [-0.1, -0.05) is 96.5 Å². The molecule has 0 spiro atoms. The summed E-state index contributed by atoms with van der Waals surface area (Å²) in [6.07, 6.45) is 0.958. The SMILES string of the molecule is CC(=O)N[C@@H](Cc1ccc(Cl)cc1)C(=O)N[C@H](Cc1ccccc1)P(=O)(O)C[C@@H](CCCN=C(N)N)C(=O)NCCc1ccc2ccccc2c1. The molecule has 0 fully saturated rings. The van der Waals surface area contributed by atoms with Crippen molar-refractivity contribution in [2.24, 2.45) is 22.4 Å². The van der Waals surface area contributed by atoms with Crippen LogP contribution in [-0.2, 0) is 38.2 Å². The van der Waals surface area contributed by atoms with Crippen molar-refractivity contribution in [3.8, 4) is 0 Å². The first-order valence-electron chi connectivity index (χ1n) is 16.9. The van der Waals surface area contributed by atoms with E-state index in [0.717, 1.165) is 27.5 Å². The minimum absolute atomic E-state index is 0.0262. The molecule has 13 heteroatoms. The van der Waals surface area contributed by atoms with E-state index in [0.29, 0.717) is 24.4 Å². The molecule has 1 unspecified atom stereocenters. The van der Waals surface area contributed by atoms with E-state index in [1.165, 1.54) is 6.92 Å². The molecule has 0 saturated heterocycles. The summed E-state index contributed by atoms with van der Waals surface area (Å²) < 4.78 is 14.4. The van der Waals surface area contributed by atoms with Gasteiger partial charge < -0.3 is 32.3 Å². The number of carbonyl (C=O) groups is 3. The van der Waals surface area contributed by atoms with E-state index in [4.69, 9.17) is 23.1 Å². The molecule has 0 aliphatic carbocycles. The smallest absolute Gasteiger partial charge is 0.243 e. The fraction of sp³-hybridized carbons (Fsp3) is 0.316. The van der Waals surface area contributed by atoms with Gasteiger partial charge in [0, 0.05) is 50.0 Å². The fourth-order valence-electron chi connectivity index (χ4n) is 5.87. The van der Waals surface area contributed by atoms with Crippen molar-refractivity contribution >= 4 is 53.4 Å². The van der Waals surface area contributed by atoms with Crippen LogP contribution in [-0.4, -0.2) is 59.7 Å². The molecule has 11 nitrogen and oxygen atoms in total. The lowest BCUT2D eigenvalue weighted by molar-refractivity contribution is -0.128. The molecule has 4 atom stereocenters. The Labute approximate surface area is 303 Å². The molecule has 0 radical (unpaired) electrons. The first-order valence-corrected chi connectivity index (χ1v) is 19.2. The maximum atomic E-state index is 14.4. The molecule has 270 valence electrons. The number of hydrogen-bond donors (Lipinski definition) is 6. The van der Waals surface area contributed by atoms with Crippen molar-refractivity contribution in [1.29, 1.82) is 0 Å². The predicted molar refractivity (Wildman–Crippen MR) is 204 cm³/mol. The fourth-order valence-corrected chi connectivity index (χ4v) is 8.06. The lowest BCUT2D eigenvalue weighted by atomic mass is 10.0. The second kappa shape index (κ2) is 19.1. The zero-order valence-corrected chi connectivity index (χ0v) is 30.3. The van der Waals surface area contributed by atoms with Gasteiger partial charge in [0.25, 0.3) is 0 Å². The Bertz CT molecular complexity index is 1850. The molecule has 3 amide bonds. The molecule has 0 aromatic heterocycles. The molecule has 4 rings (SSSR count). The summed E-state index contributed by atoms with van der Waals surface area (Å²) in [5, 5.41) is 11.1. The topological polar surface area (TPSA) is 189 Å². The van der Waals surface area contributed by atoms with Crippen molar-refractivity contribution in [3.63, 3.8) is 0 Å². The van der Waals surface area contributed by atoms with Crippen molar-refractivity contribution in [1.82, 2.24) is 16.0 Å². The summed E-state index contributed by atoms with van der Waals surface area (Å²) in [4.78, 5) is 55.2. The standard InChI is InChI=1S/C38H46ClN6O5P/c1-26(46)44-34(23-28-14-17-33(39)18-15-28)37(48)45-35(24-27-8-3-2-4-9-27)51(49,50)25-32(12-7-20-43-38(40)41)36(47)42-21-19-29-13-16-30-10-5-6-11-31(30)22-29/h2-6,8-11,13-18,22,32,34-35H,7,12,19-21,23-25H2,1H3,(H,42,47)(H,44,46)(H,45,48)(H,49,50)(H4,40,41,43)/t32-,34+,35+/m1/s1. The van der Waals surface area contributed by atoms with Crippen molar-refractivity contribution < 1.29 is 23.8 Å². The van der Waals surface area contributed by atoms with Gasteiger partial charge >= 0.3 is 0 Å². The summed E-state index contributed by atoms with van der Waals surface area (Å²) in [5.41, 5.74) is 13.5. The van der Waals surface area contributed by atoms with Crippen LogP contribution in [0.1, 0.15) is 36.5 Å². The van der Waals surface area contributed by atoms with Crippen LogP contribution in [0, 0.1) is 5.92 Å². The molecule has 8 N–H and O–H groups in total. The summed E-state index contributed by atoms with van der Waals surface area (Å²) in [5.74, 6) is -3.64. The molecule has 0 bridgehead atoms. The van der Waals surface area contributed by atoms with Gasteiger partial charge in [0.2, 0.25) is 25.1 Å². The third-order valence-electron chi connectivity index (χ3n) is 8.50. The van der Waals surface area contributed by atoms with E-state index in [1.54, 1.807) is 48.5 Å². The van der Waals surface area contributed by atoms with Gasteiger partial charge in [-0.15, -0.1) is 0 Å². The molecule has 0 aliphatic rings. The number of fused-ring (bicyclic) bond motifs is 1. The highest BCUT2D eigenvalue weighted by Gasteiger charge is 2.38. The van der Waals surface area contributed by atoms with E-state index in [-0.39, 0.29) is 37.7 Å². The largest absolute Gasteiger partial charge is 0.370 e. The van der Waals surface area contributed by atoms with Gasteiger partial charge in [-0.3, -0.25) is 23.9 Å². The molecule has 51 heavy (non-hydrogen) atoms. The summed E-state index contributed by atoms with van der Waals surface area (Å²) in [6.45, 7) is 1.86. The zero-order chi connectivity index (χ0) is 36.8. The van der Waals surface area contributed by atoms with E-state index in [1.807, 2.05) is 42.5 Å². The van der Waals surface area contributed by atoms with Gasteiger partial charge in [0.05, 0.1) is 0 Å². The minimum atomic E-state index is -4.29. The molecular formula is C38H46ClN6O5P. The summed E-state index contributed by atoms with van der Waals surface area (Å²) >= 11 is 6.03. The molecule has 4 aromatic carbocycles. The molecule has 4 aromatic rings. The number of nitrogens with two attached hydrogens (primary N) is 2. The monoisotopic (exact) mass is 732 g/mol. The molecule has 0 heterocycles. The van der Waals surface area contributed by atoms with Crippen LogP contribution in [0.5, 0.6) is 0 Å². The normalized spacial score (nSPS) is 14.0. The Morgan fingerprint density at radius 3 is 2.16 bits per heavy atom. The van der Waals surface area contributed by atoms with Crippen LogP contribution in [0.15, 0.2) is 102 Å². The number of carbonyl (C=O) groups excluding carboxylic acids is 3. The lowest BCUT2D eigenvalue weighted by Gasteiger charge is -2.29. The highest BCUT2D eigenvalue weighted by atomic mass is 35.5. The second-order valence-corrected chi connectivity index (χ2v) is 15.5. The minimum Gasteiger partial charge on any atom is -0.370 e. The first-order chi connectivity index (χ1) is 24.4. The zero-order valence-electron chi connectivity index (χ0n) is 28.6. The van der Waals surface area contributed by atoms with E-state index in [2.05, 4.69) is 27.0 Å². The molecule has 0 aliphatic heterocycles. The number of guanidine groups is 1. The number of halogens is 1. The summed E-state index contributed by atoms with van der Waals surface area (Å²) in [6, 6.07) is 29.0. The Hall–Kier alpha value is -4.70. The van der Waals surface area contributed by atoms with Crippen molar-refractivity contribution in [2.75, 3.05) is 19.3 Å². The van der Waals surface area contributed by atoms with Crippen LogP contribution in [0.4, 0.5) is 0 Å². The maximum absolute atomic E-state index is 14.4. The Morgan fingerprint density at radius 1 is 0.824 bits per heavy atom. The van der Waals surface area contributed by atoms with Crippen molar-refractivity contribution in [3.05, 3.63) is 119 Å². The molecule has 0 saturated carbocycles. The van der Waals surface area contributed by atoms with E-state index < -0.39 is 43.1 Å². The van der Waals surface area contributed by atoms with Gasteiger partial charge in [-0.2, -0.15) is 0 Å². The van der Waals surface area contributed by atoms with Crippen molar-refractivity contribution in [2.45, 2.75) is 50.9 Å². The van der Waals surface area contributed by atoms with Gasteiger partial charge in [-0.25, -0.2) is 0 Å². The highest BCUT2D eigenvalue weighted by Crippen LogP contribution is 2.48. The van der Waals surface area contributed by atoms with E-state index in [9.17, 15) is 23.8 Å². The second-order valence-electron chi connectivity index (χ2n) is 12.6. The van der Waals surface area contributed by atoms with Crippen LogP contribution in [0.3, 0.4) is 0 Å². The number of nitrogens with one attached hydrogen (secondary N) is 3. The number of nitrogens with zero attached hydrogens (tertiary/aromatic N) is 1. The number of amides is 3. The van der Waals surface area contributed by atoms with Gasteiger partial charge in [0.1, 0.15) is 11.8 Å². The maximum Gasteiger partial charge on any atom is 0.243 e. The number of rotatable bonds is 18. The third-order valence-corrected chi connectivity index (χ3v) is 11.0. The van der Waals surface area contributed by atoms with Crippen LogP contribution in [0.25, 0.3) is 10.8 Å². The number of hydrogen-bond acceptors (Lipinski definition) is 5. The third kappa shape index (κ3) is 12.8. The Balaban J connectivity index is 1.53. The highest BCUT2D eigenvalue weighted by molar-refractivity contribution is 7.58. The molecular weight excluding hydrogens is 687 g/mol. The van der Waals surface area contributed by atoms with Crippen LogP contribution < -0.4 is 27.4 Å². The van der Waals surface area contributed by atoms with Crippen LogP contribution in [0.2, 0.25) is 5.02 Å². The number of aliphatic imine (C=N–C) groups is 1. The quantitative estimate of drug-likeness (QED) is 0.0375. The lowest BCUT2D eigenvalue weighted by Crippen LogP contribution is -2.51. The summed E-state index contributed by atoms with van der Waals surface area (Å²) in [7, 11) is -4.29. The Morgan fingerprint density at radius 2 is 1.47 bits per heavy atom. The van der Waals surface area contributed by atoms with E-state index >= 15 is 0 Å². The number of benzene rings is 4. The Kier molecular flexibility index (Phi) is 14.6. The average Bonchev–Trinajstić information content (AvgIpc) is 3.10. The van der Waals surface area contributed by atoms with Crippen LogP contribution >= 0.6 is 19.0 Å². The predicted octanol–water partition coefficient (Wildman–Crippen LogP) is 4.52. The van der Waals surface area contributed by atoms with Gasteiger partial charge in [-0.05, 0) is 58.9 Å². The average molecular weight is 733 g/mol. The first kappa shape index (κ1) is 39.1. The van der Waals surface area contributed by atoms with Gasteiger partial charge in [0.15, 0.2) is 5.96 Å².